The minimum Gasteiger partial charge on any atom is -0.374 e. The molecule has 0 aromatic carbocycles. The van der Waals surface area contributed by atoms with Crippen molar-refractivity contribution in [1.82, 2.24) is 15.5 Å². The molecule has 0 spiro atoms. The van der Waals surface area contributed by atoms with Crippen LogP contribution in [0.1, 0.15) is 26.3 Å². The number of thiophene rings is 1. The zero-order chi connectivity index (χ0) is 16.5. The molecule has 1 unspecified atom stereocenters. The SMILES string of the molecule is CCNC(=NCc1ccsc1)NCC1CN(CC(C)C)CCO1. The Bertz CT molecular complexity index is 461. The molecule has 0 amide bonds. The molecule has 6 heteroatoms. The summed E-state index contributed by atoms with van der Waals surface area (Å²) in [5.41, 5.74) is 1.25. The number of rotatable bonds is 7. The Balaban J connectivity index is 1.79. The lowest BCUT2D eigenvalue weighted by Crippen LogP contribution is -2.50. The van der Waals surface area contributed by atoms with Crippen LogP contribution in [-0.4, -0.2) is 56.3 Å². The molecule has 1 aromatic rings. The van der Waals surface area contributed by atoms with E-state index in [1.165, 1.54) is 5.56 Å². The maximum Gasteiger partial charge on any atom is 0.191 e. The normalized spacial score (nSPS) is 20.0. The van der Waals surface area contributed by atoms with Crippen molar-refractivity contribution in [3.05, 3.63) is 22.4 Å². The first-order valence-electron chi connectivity index (χ1n) is 8.54. The van der Waals surface area contributed by atoms with Gasteiger partial charge in [-0.2, -0.15) is 11.3 Å². The van der Waals surface area contributed by atoms with Crippen LogP contribution in [0.2, 0.25) is 0 Å². The molecule has 1 aromatic heterocycles. The molecule has 130 valence electrons. The van der Waals surface area contributed by atoms with Gasteiger partial charge < -0.3 is 15.4 Å². The van der Waals surface area contributed by atoms with Crippen LogP contribution in [0.25, 0.3) is 0 Å². The molecule has 1 aliphatic heterocycles. The van der Waals surface area contributed by atoms with Gasteiger partial charge in [0.05, 0.1) is 19.3 Å². The molecule has 1 aliphatic rings. The van der Waals surface area contributed by atoms with Gasteiger partial charge in [-0.05, 0) is 35.2 Å². The Hall–Kier alpha value is -1.11. The van der Waals surface area contributed by atoms with Gasteiger partial charge in [-0.15, -0.1) is 0 Å². The molecule has 0 radical (unpaired) electrons. The third-order valence-corrected chi connectivity index (χ3v) is 4.42. The zero-order valence-electron chi connectivity index (χ0n) is 14.5. The molecule has 1 fully saturated rings. The molecular formula is C17H30N4OS. The Labute approximate surface area is 144 Å². The Morgan fingerprint density at radius 2 is 2.35 bits per heavy atom. The number of hydrogen-bond acceptors (Lipinski definition) is 4. The smallest absolute Gasteiger partial charge is 0.191 e. The number of guanidine groups is 1. The van der Waals surface area contributed by atoms with Gasteiger partial charge in [0.15, 0.2) is 5.96 Å². The molecule has 23 heavy (non-hydrogen) atoms. The lowest BCUT2D eigenvalue weighted by molar-refractivity contribution is -0.0284. The van der Waals surface area contributed by atoms with E-state index in [9.17, 15) is 0 Å². The summed E-state index contributed by atoms with van der Waals surface area (Å²) in [6.07, 6.45) is 0.229. The monoisotopic (exact) mass is 338 g/mol. The van der Waals surface area contributed by atoms with Crippen molar-refractivity contribution in [2.45, 2.75) is 33.4 Å². The van der Waals surface area contributed by atoms with Crippen LogP contribution in [0.15, 0.2) is 21.8 Å². The van der Waals surface area contributed by atoms with E-state index in [-0.39, 0.29) is 6.10 Å². The number of morpholine rings is 1. The fourth-order valence-electron chi connectivity index (χ4n) is 2.69. The highest BCUT2D eigenvalue weighted by Gasteiger charge is 2.20. The van der Waals surface area contributed by atoms with E-state index in [2.05, 4.69) is 58.1 Å². The first-order valence-corrected chi connectivity index (χ1v) is 9.49. The summed E-state index contributed by atoms with van der Waals surface area (Å²) in [6, 6.07) is 2.12. The number of hydrogen-bond donors (Lipinski definition) is 2. The van der Waals surface area contributed by atoms with Crippen LogP contribution in [0, 0.1) is 5.92 Å². The highest BCUT2D eigenvalue weighted by Crippen LogP contribution is 2.08. The lowest BCUT2D eigenvalue weighted by atomic mass is 10.2. The Kier molecular flexibility index (Phi) is 7.85. The van der Waals surface area contributed by atoms with E-state index < -0.39 is 0 Å². The van der Waals surface area contributed by atoms with E-state index in [1.807, 2.05) is 0 Å². The molecule has 5 nitrogen and oxygen atoms in total. The van der Waals surface area contributed by atoms with Crippen molar-refractivity contribution >= 4 is 17.3 Å². The predicted octanol–water partition coefficient (Wildman–Crippen LogP) is 2.16. The largest absolute Gasteiger partial charge is 0.374 e. The topological polar surface area (TPSA) is 48.9 Å². The Morgan fingerprint density at radius 1 is 1.48 bits per heavy atom. The average molecular weight is 339 g/mol. The third kappa shape index (κ3) is 6.89. The second-order valence-corrected chi connectivity index (χ2v) is 7.13. The summed E-state index contributed by atoms with van der Waals surface area (Å²) in [4.78, 5) is 7.14. The third-order valence-electron chi connectivity index (χ3n) is 3.69. The Morgan fingerprint density at radius 3 is 3.04 bits per heavy atom. The minimum atomic E-state index is 0.229. The predicted molar refractivity (Wildman–Crippen MR) is 98.2 cm³/mol. The van der Waals surface area contributed by atoms with E-state index in [0.717, 1.165) is 45.3 Å². The minimum absolute atomic E-state index is 0.229. The van der Waals surface area contributed by atoms with Gasteiger partial charge in [-0.1, -0.05) is 13.8 Å². The van der Waals surface area contributed by atoms with Gasteiger partial charge in [0.1, 0.15) is 0 Å². The summed E-state index contributed by atoms with van der Waals surface area (Å²) < 4.78 is 5.88. The zero-order valence-corrected chi connectivity index (χ0v) is 15.4. The van der Waals surface area contributed by atoms with Crippen molar-refractivity contribution in [2.24, 2.45) is 10.9 Å². The molecule has 2 N–H and O–H groups in total. The van der Waals surface area contributed by atoms with Crippen molar-refractivity contribution in [1.29, 1.82) is 0 Å². The fraction of sp³-hybridized carbons (Fsp3) is 0.706. The number of aliphatic imine (C=N–C) groups is 1. The van der Waals surface area contributed by atoms with Crippen molar-refractivity contribution in [3.63, 3.8) is 0 Å². The molecule has 1 saturated heterocycles. The van der Waals surface area contributed by atoms with Crippen molar-refractivity contribution in [2.75, 3.05) is 39.3 Å². The number of nitrogens with zero attached hydrogens (tertiary/aromatic N) is 2. The molecule has 0 bridgehead atoms. The van der Waals surface area contributed by atoms with Crippen LogP contribution in [0.3, 0.4) is 0 Å². The first kappa shape index (κ1) is 18.2. The number of nitrogens with one attached hydrogen (secondary N) is 2. The van der Waals surface area contributed by atoms with Gasteiger partial charge >= 0.3 is 0 Å². The summed E-state index contributed by atoms with van der Waals surface area (Å²) in [6.45, 7) is 13.0. The molecule has 1 atom stereocenters. The van der Waals surface area contributed by atoms with Crippen LogP contribution in [0.5, 0.6) is 0 Å². The van der Waals surface area contributed by atoms with Gasteiger partial charge in [-0.3, -0.25) is 4.90 Å². The van der Waals surface area contributed by atoms with E-state index in [1.54, 1.807) is 11.3 Å². The quantitative estimate of drug-likeness (QED) is 0.591. The fourth-order valence-corrected chi connectivity index (χ4v) is 3.35. The van der Waals surface area contributed by atoms with E-state index >= 15 is 0 Å². The van der Waals surface area contributed by atoms with E-state index in [4.69, 9.17) is 4.74 Å². The average Bonchev–Trinajstić information content (AvgIpc) is 3.03. The highest BCUT2D eigenvalue weighted by molar-refractivity contribution is 7.07. The van der Waals surface area contributed by atoms with Gasteiger partial charge in [-0.25, -0.2) is 4.99 Å². The van der Waals surface area contributed by atoms with Gasteiger partial charge in [0.2, 0.25) is 0 Å². The maximum absolute atomic E-state index is 5.88. The second kappa shape index (κ2) is 9.90. The van der Waals surface area contributed by atoms with Crippen LogP contribution < -0.4 is 10.6 Å². The molecule has 2 heterocycles. The lowest BCUT2D eigenvalue weighted by Gasteiger charge is -2.34. The van der Waals surface area contributed by atoms with Crippen LogP contribution in [-0.2, 0) is 11.3 Å². The van der Waals surface area contributed by atoms with Crippen molar-refractivity contribution < 1.29 is 4.74 Å². The summed E-state index contributed by atoms with van der Waals surface area (Å²) in [7, 11) is 0. The summed E-state index contributed by atoms with van der Waals surface area (Å²) >= 11 is 1.71. The highest BCUT2D eigenvalue weighted by atomic mass is 32.1. The van der Waals surface area contributed by atoms with Gasteiger partial charge in [0.25, 0.3) is 0 Å². The molecular weight excluding hydrogens is 308 g/mol. The number of ether oxygens (including phenoxy) is 1. The summed E-state index contributed by atoms with van der Waals surface area (Å²) in [5.74, 6) is 1.56. The van der Waals surface area contributed by atoms with Crippen LogP contribution in [0.4, 0.5) is 0 Å². The van der Waals surface area contributed by atoms with E-state index in [0.29, 0.717) is 12.5 Å². The molecule has 0 saturated carbocycles. The van der Waals surface area contributed by atoms with Gasteiger partial charge in [0, 0.05) is 32.7 Å². The first-order chi connectivity index (χ1) is 11.2. The van der Waals surface area contributed by atoms with Crippen molar-refractivity contribution in [3.8, 4) is 0 Å². The van der Waals surface area contributed by atoms with Crippen LogP contribution >= 0.6 is 11.3 Å². The second-order valence-electron chi connectivity index (χ2n) is 6.35. The summed E-state index contributed by atoms with van der Waals surface area (Å²) in [5, 5.41) is 10.9. The molecule has 2 rings (SSSR count). The maximum atomic E-state index is 5.88. The standard InChI is InChI=1S/C17H30N4OS/c1-4-18-17(19-9-15-5-8-23-13-15)20-10-16-12-21(6-7-22-16)11-14(2)3/h5,8,13-14,16H,4,6-7,9-12H2,1-3H3,(H2,18,19,20). The molecule has 0 aliphatic carbocycles.